The maximum absolute atomic E-state index is 9.06. The third-order valence-corrected chi connectivity index (χ3v) is 2.33. The van der Waals surface area contributed by atoms with E-state index in [1.807, 2.05) is 24.6 Å². The average molecular weight is 220 g/mol. The van der Waals surface area contributed by atoms with Crippen LogP contribution in [0.3, 0.4) is 0 Å². The molecule has 1 rings (SSSR count). The van der Waals surface area contributed by atoms with Crippen molar-refractivity contribution in [3.05, 3.63) is 18.2 Å². The Morgan fingerprint density at radius 3 is 2.62 bits per heavy atom. The molecule has 0 amide bonds. The fraction of sp³-hybridized carbons (Fsp3) is 0.667. The first kappa shape index (κ1) is 12.7. The molecule has 1 unspecified atom stereocenters. The van der Waals surface area contributed by atoms with Gasteiger partial charge in [-0.1, -0.05) is 13.8 Å². The van der Waals surface area contributed by atoms with Crippen LogP contribution in [0.2, 0.25) is 0 Å². The number of rotatable bonds is 5. The Bertz CT molecular complexity index is 359. The Morgan fingerprint density at radius 1 is 1.44 bits per heavy atom. The zero-order valence-electron chi connectivity index (χ0n) is 10.4. The first-order valence-electron chi connectivity index (χ1n) is 5.71. The molecule has 0 fully saturated rings. The van der Waals surface area contributed by atoms with Crippen molar-refractivity contribution in [1.82, 2.24) is 14.9 Å². The molecule has 0 radical (unpaired) electrons. The van der Waals surface area contributed by atoms with Crippen molar-refractivity contribution in [3.8, 4) is 6.07 Å². The van der Waals surface area contributed by atoms with Crippen molar-refractivity contribution in [2.45, 2.75) is 52.2 Å². The first-order valence-corrected chi connectivity index (χ1v) is 5.71. The van der Waals surface area contributed by atoms with Gasteiger partial charge in [0.1, 0.15) is 11.9 Å². The van der Waals surface area contributed by atoms with Gasteiger partial charge in [0.05, 0.1) is 12.6 Å². The predicted octanol–water partition coefficient (Wildman–Crippen LogP) is 1.90. The second-order valence-electron chi connectivity index (χ2n) is 4.60. The van der Waals surface area contributed by atoms with Gasteiger partial charge in [-0.3, -0.25) is 5.32 Å². The summed E-state index contributed by atoms with van der Waals surface area (Å²) in [7, 11) is 0. The molecule has 0 aromatic carbocycles. The van der Waals surface area contributed by atoms with Gasteiger partial charge in [-0.2, -0.15) is 5.26 Å². The molecule has 1 aromatic rings. The van der Waals surface area contributed by atoms with E-state index in [-0.39, 0.29) is 6.04 Å². The molecule has 1 atom stereocenters. The van der Waals surface area contributed by atoms with Gasteiger partial charge in [0.15, 0.2) is 0 Å². The molecule has 0 spiro atoms. The van der Waals surface area contributed by atoms with E-state index in [4.69, 9.17) is 5.26 Å². The summed E-state index contributed by atoms with van der Waals surface area (Å²) >= 11 is 0. The largest absolute Gasteiger partial charge is 0.332 e. The lowest BCUT2D eigenvalue weighted by molar-refractivity contribution is 0.465. The number of nitriles is 1. The van der Waals surface area contributed by atoms with Gasteiger partial charge >= 0.3 is 0 Å². The zero-order chi connectivity index (χ0) is 12.1. The fourth-order valence-electron chi connectivity index (χ4n) is 1.71. The van der Waals surface area contributed by atoms with E-state index in [2.05, 4.69) is 30.2 Å². The predicted molar refractivity (Wildman–Crippen MR) is 64.0 cm³/mol. The summed E-state index contributed by atoms with van der Waals surface area (Å²) in [4.78, 5) is 4.31. The van der Waals surface area contributed by atoms with E-state index in [1.165, 1.54) is 0 Å². The molecule has 1 heterocycles. The Hall–Kier alpha value is -1.34. The van der Waals surface area contributed by atoms with Gasteiger partial charge in [-0.05, 0) is 13.8 Å². The Kier molecular flexibility index (Phi) is 4.51. The van der Waals surface area contributed by atoms with Crippen LogP contribution in [0.25, 0.3) is 0 Å². The van der Waals surface area contributed by atoms with Crippen molar-refractivity contribution < 1.29 is 0 Å². The van der Waals surface area contributed by atoms with E-state index >= 15 is 0 Å². The van der Waals surface area contributed by atoms with Gasteiger partial charge in [0.25, 0.3) is 0 Å². The molecule has 0 saturated carbocycles. The lowest BCUT2D eigenvalue weighted by atomic mass is 10.2. The number of imidazole rings is 1. The highest BCUT2D eigenvalue weighted by Gasteiger charge is 2.13. The molecule has 0 aliphatic carbocycles. The van der Waals surface area contributed by atoms with E-state index < -0.39 is 0 Å². The maximum Gasteiger partial charge on any atom is 0.114 e. The van der Waals surface area contributed by atoms with Crippen molar-refractivity contribution >= 4 is 0 Å². The van der Waals surface area contributed by atoms with Gasteiger partial charge in [0.2, 0.25) is 0 Å². The van der Waals surface area contributed by atoms with Gasteiger partial charge < -0.3 is 4.57 Å². The van der Waals surface area contributed by atoms with Crippen LogP contribution < -0.4 is 5.32 Å². The van der Waals surface area contributed by atoms with Gasteiger partial charge in [-0.15, -0.1) is 0 Å². The summed E-state index contributed by atoms with van der Waals surface area (Å²) in [5.41, 5.74) is 0. The lowest BCUT2D eigenvalue weighted by Crippen LogP contribution is -2.37. The Balaban J connectivity index is 2.71. The SMILES string of the molecule is CC(C)NC(C#N)Cn1ccnc1C(C)C. The summed E-state index contributed by atoms with van der Waals surface area (Å²) in [6, 6.07) is 2.43. The van der Waals surface area contributed by atoms with Crippen LogP contribution in [-0.2, 0) is 6.54 Å². The normalized spacial score (nSPS) is 13.1. The summed E-state index contributed by atoms with van der Waals surface area (Å²) in [5, 5.41) is 12.3. The minimum Gasteiger partial charge on any atom is -0.332 e. The van der Waals surface area contributed by atoms with Crippen LogP contribution in [-0.4, -0.2) is 21.6 Å². The van der Waals surface area contributed by atoms with Gasteiger partial charge in [0, 0.05) is 24.4 Å². The van der Waals surface area contributed by atoms with Crippen LogP contribution in [0, 0.1) is 11.3 Å². The number of nitrogens with zero attached hydrogens (tertiary/aromatic N) is 3. The molecular weight excluding hydrogens is 200 g/mol. The van der Waals surface area contributed by atoms with E-state index in [9.17, 15) is 0 Å². The van der Waals surface area contributed by atoms with Gasteiger partial charge in [-0.25, -0.2) is 4.98 Å². The molecule has 1 aromatic heterocycles. The summed E-state index contributed by atoms with van der Waals surface area (Å²) in [6.07, 6.45) is 3.72. The molecule has 16 heavy (non-hydrogen) atoms. The highest BCUT2D eigenvalue weighted by molar-refractivity contribution is 5.01. The highest BCUT2D eigenvalue weighted by atomic mass is 15.1. The highest BCUT2D eigenvalue weighted by Crippen LogP contribution is 2.12. The standard InChI is InChI=1S/C12H20N4/c1-9(2)12-14-5-6-16(12)8-11(7-13)15-10(3)4/h5-6,9-11,15H,8H2,1-4H3. The summed E-state index contributed by atoms with van der Waals surface area (Å²) in [5.74, 6) is 1.42. The second-order valence-corrected chi connectivity index (χ2v) is 4.60. The molecule has 4 nitrogen and oxygen atoms in total. The first-order chi connectivity index (χ1) is 7.54. The number of hydrogen-bond donors (Lipinski definition) is 1. The monoisotopic (exact) mass is 220 g/mol. The van der Waals surface area contributed by atoms with E-state index in [0.717, 1.165) is 5.82 Å². The summed E-state index contributed by atoms with van der Waals surface area (Å²) in [6.45, 7) is 8.96. The minimum atomic E-state index is -0.160. The third kappa shape index (κ3) is 3.35. The third-order valence-electron chi connectivity index (χ3n) is 2.33. The maximum atomic E-state index is 9.06. The molecule has 4 heteroatoms. The van der Waals surface area contributed by atoms with Crippen LogP contribution in [0.15, 0.2) is 12.4 Å². The van der Waals surface area contributed by atoms with Crippen LogP contribution in [0.4, 0.5) is 0 Å². The molecule has 88 valence electrons. The molecule has 0 saturated heterocycles. The molecular formula is C12H20N4. The quantitative estimate of drug-likeness (QED) is 0.824. The van der Waals surface area contributed by atoms with Crippen LogP contribution >= 0.6 is 0 Å². The Labute approximate surface area is 97.3 Å². The number of hydrogen-bond acceptors (Lipinski definition) is 3. The van der Waals surface area contributed by atoms with E-state index in [0.29, 0.717) is 18.5 Å². The van der Waals surface area contributed by atoms with Crippen molar-refractivity contribution in [2.24, 2.45) is 0 Å². The average Bonchev–Trinajstić information content (AvgIpc) is 2.64. The van der Waals surface area contributed by atoms with E-state index in [1.54, 1.807) is 6.20 Å². The molecule has 0 aliphatic rings. The topological polar surface area (TPSA) is 53.6 Å². The summed E-state index contributed by atoms with van der Waals surface area (Å²) < 4.78 is 2.05. The minimum absolute atomic E-state index is 0.160. The van der Waals surface area contributed by atoms with Crippen molar-refractivity contribution in [3.63, 3.8) is 0 Å². The molecule has 0 aliphatic heterocycles. The lowest BCUT2D eigenvalue weighted by Gasteiger charge is -2.17. The smallest absolute Gasteiger partial charge is 0.114 e. The molecule has 1 N–H and O–H groups in total. The van der Waals surface area contributed by atoms with Crippen molar-refractivity contribution in [1.29, 1.82) is 5.26 Å². The Morgan fingerprint density at radius 2 is 2.12 bits per heavy atom. The van der Waals surface area contributed by atoms with Crippen molar-refractivity contribution in [2.75, 3.05) is 0 Å². The van der Waals surface area contributed by atoms with Crippen LogP contribution in [0.5, 0.6) is 0 Å². The zero-order valence-corrected chi connectivity index (χ0v) is 10.4. The van der Waals surface area contributed by atoms with Crippen LogP contribution in [0.1, 0.15) is 39.4 Å². The number of aromatic nitrogens is 2. The number of nitrogens with one attached hydrogen (secondary N) is 1. The second kappa shape index (κ2) is 5.66. The molecule has 0 bridgehead atoms. The fourth-order valence-corrected chi connectivity index (χ4v) is 1.71.